The van der Waals surface area contributed by atoms with E-state index in [1.807, 2.05) is 0 Å². The fraction of sp³-hybridized carbons (Fsp3) is 0.444. The molecule has 0 aliphatic carbocycles. The predicted octanol–water partition coefficient (Wildman–Crippen LogP) is 0.460. The van der Waals surface area contributed by atoms with Crippen LogP contribution in [0.25, 0.3) is 0 Å². The molecule has 0 bridgehead atoms. The number of nitrogens with zero attached hydrogens (tertiary/aromatic N) is 2. The van der Waals surface area contributed by atoms with Crippen molar-refractivity contribution < 1.29 is 9.90 Å². The van der Waals surface area contributed by atoms with E-state index in [4.69, 9.17) is 5.11 Å². The molecule has 1 aliphatic rings. The first-order valence-electron chi connectivity index (χ1n) is 4.48. The quantitative estimate of drug-likeness (QED) is 0.713. The number of aliphatic carboxylic acids is 1. The first-order chi connectivity index (χ1) is 6.65. The van der Waals surface area contributed by atoms with E-state index in [9.17, 15) is 4.79 Å². The van der Waals surface area contributed by atoms with E-state index in [-0.39, 0.29) is 6.42 Å². The number of carbonyl (C=O) groups is 1. The molecule has 0 aromatic carbocycles. The summed E-state index contributed by atoms with van der Waals surface area (Å²) < 4.78 is 0. The van der Waals surface area contributed by atoms with Gasteiger partial charge in [-0.25, -0.2) is 9.97 Å². The summed E-state index contributed by atoms with van der Waals surface area (Å²) in [6.07, 6.45) is 2.49. The summed E-state index contributed by atoms with van der Waals surface area (Å²) in [5.41, 5.74) is 1.06. The largest absolute Gasteiger partial charge is 0.481 e. The maximum absolute atomic E-state index is 10.4. The molecule has 14 heavy (non-hydrogen) atoms. The van der Waals surface area contributed by atoms with Gasteiger partial charge in [0.1, 0.15) is 18.1 Å². The summed E-state index contributed by atoms with van der Waals surface area (Å²) in [6.45, 7) is 2.05. The SMILES string of the molecule is CC1Cc2cnc(CC(=O)O)nc2N1. The highest BCUT2D eigenvalue weighted by Gasteiger charge is 2.19. The lowest BCUT2D eigenvalue weighted by molar-refractivity contribution is -0.136. The molecule has 5 heteroatoms. The van der Waals surface area contributed by atoms with Crippen LogP contribution in [0.5, 0.6) is 0 Å². The third kappa shape index (κ3) is 1.66. The number of anilines is 1. The average Bonchev–Trinajstić information content (AvgIpc) is 2.42. The molecule has 1 aromatic heterocycles. The Balaban J connectivity index is 2.24. The number of hydrogen-bond donors (Lipinski definition) is 2. The molecule has 0 radical (unpaired) electrons. The van der Waals surface area contributed by atoms with Crippen molar-refractivity contribution in [2.75, 3.05) is 5.32 Å². The summed E-state index contributed by atoms with van der Waals surface area (Å²) in [4.78, 5) is 18.6. The van der Waals surface area contributed by atoms with Crippen LogP contribution in [0, 0.1) is 0 Å². The number of fused-ring (bicyclic) bond motifs is 1. The van der Waals surface area contributed by atoms with Crippen LogP contribution in [0.15, 0.2) is 6.20 Å². The van der Waals surface area contributed by atoms with Gasteiger partial charge in [0.05, 0.1) is 0 Å². The molecule has 1 unspecified atom stereocenters. The molecule has 0 saturated heterocycles. The number of rotatable bonds is 2. The lowest BCUT2D eigenvalue weighted by Gasteiger charge is -2.02. The number of hydrogen-bond acceptors (Lipinski definition) is 4. The molecule has 0 spiro atoms. The molecule has 0 fully saturated rings. The van der Waals surface area contributed by atoms with Crippen LogP contribution in [-0.4, -0.2) is 27.1 Å². The minimum Gasteiger partial charge on any atom is -0.481 e. The van der Waals surface area contributed by atoms with Gasteiger partial charge in [0, 0.05) is 17.8 Å². The van der Waals surface area contributed by atoms with Crippen LogP contribution in [0.3, 0.4) is 0 Å². The third-order valence-corrected chi connectivity index (χ3v) is 2.13. The molecule has 74 valence electrons. The highest BCUT2D eigenvalue weighted by molar-refractivity contribution is 5.69. The van der Waals surface area contributed by atoms with Gasteiger partial charge in [-0.05, 0) is 13.3 Å². The zero-order valence-electron chi connectivity index (χ0n) is 7.82. The number of carboxylic acids is 1. The minimum atomic E-state index is -0.906. The van der Waals surface area contributed by atoms with E-state index in [0.29, 0.717) is 11.9 Å². The zero-order chi connectivity index (χ0) is 10.1. The van der Waals surface area contributed by atoms with Gasteiger partial charge in [-0.3, -0.25) is 4.79 Å². The number of aromatic nitrogens is 2. The summed E-state index contributed by atoms with van der Waals surface area (Å²) in [7, 11) is 0. The van der Waals surface area contributed by atoms with Gasteiger partial charge in [-0.1, -0.05) is 0 Å². The Labute approximate surface area is 81.2 Å². The van der Waals surface area contributed by atoms with Crippen molar-refractivity contribution in [2.24, 2.45) is 0 Å². The Morgan fingerprint density at radius 2 is 2.57 bits per heavy atom. The molecule has 2 heterocycles. The van der Waals surface area contributed by atoms with Crippen LogP contribution in [-0.2, 0) is 17.6 Å². The normalized spacial score (nSPS) is 18.8. The standard InChI is InChI=1S/C9H11N3O2/c1-5-2-6-4-10-7(3-8(13)14)12-9(6)11-5/h4-5H,2-3H2,1H3,(H,13,14)(H,10,11,12). The highest BCUT2D eigenvalue weighted by atomic mass is 16.4. The van der Waals surface area contributed by atoms with Crippen LogP contribution >= 0.6 is 0 Å². The van der Waals surface area contributed by atoms with Gasteiger partial charge >= 0.3 is 5.97 Å². The first kappa shape index (κ1) is 8.93. The fourth-order valence-electron chi connectivity index (χ4n) is 1.55. The molecule has 0 saturated carbocycles. The molecule has 0 amide bonds. The second-order valence-corrected chi connectivity index (χ2v) is 3.48. The van der Waals surface area contributed by atoms with E-state index in [2.05, 4.69) is 22.2 Å². The van der Waals surface area contributed by atoms with Crippen molar-refractivity contribution in [3.8, 4) is 0 Å². The average molecular weight is 193 g/mol. The van der Waals surface area contributed by atoms with E-state index < -0.39 is 5.97 Å². The topological polar surface area (TPSA) is 75.1 Å². The van der Waals surface area contributed by atoms with Crippen molar-refractivity contribution in [3.63, 3.8) is 0 Å². The third-order valence-electron chi connectivity index (χ3n) is 2.13. The predicted molar refractivity (Wildman–Crippen MR) is 50.2 cm³/mol. The Kier molecular flexibility index (Phi) is 2.07. The Morgan fingerprint density at radius 3 is 3.29 bits per heavy atom. The number of nitrogens with one attached hydrogen (secondary N) is 1. The van der Waals surface area contributed by atoms with Crippen molar-refractivity contribution in [1.82, 2.24) is 9.97 Å². The summed E-state index contributed by atoms with van der Waals surface area (Å²) in [5.74, 6) is 0.234. The van der Waals surface area contributed by atoms with Gasteiger partial charge in [-0.15, -0.1) is 0 Å². The second-order valence-electron chi connectivity index (χ2n) is 3.48. The van der Waals surface area contributed by atoms with Gasteiger partial charge in [0.2, 0.25) is 0 Å². The fourth-order valence-corrected chi connectivity index (χ4v) is 1.55. The van der Waals surface area contributed by atoms with Crippen molar-refractivity contribution in [1.29, 1.82) is 0 Å². The van der Waals surface area contributed by atoms with Crippen molar-refractivity contribution in [2.45, 2.75) is 25.8 Å². The summed E-state index contributed by atoms with van der Waals surface area (Å²) >= 11 is 0. The van der Waals surface area contributed by atoms with Gasteiger partial charge in [0.25, 0.3) is 0 Å². The summed E-state index contributed by atoms with van der Waals surface area (Å²) in [6, 6.07) is 0.361. The Hall–Kier alpha value is -1.65. The van der Waals surface area contributed by atoms with Gasteiger partial charge < -0.3 is 10.4 Å². The molecule has 1 aromatic rings. The lowest BCUT2D eigenvalue weighted by atomic mass is 10.2. The molecular formula is C9H11N3O2. The van der Waals surface area contributed by atoms with Crippen LogP contribution in [0.4, 0.5) is 5.82 Å². The van der Waals surface area contributed by atoms with E-state index in [1.165, 1.54) is 0 Å². The zero-order valence-corrected chi connectivity index (χ0v) is 7.82. The van der Waals surface area contributed by atoms with Crippen LogP contribution in [0.1, 0.15) is 18.3 Å². The van der Waals surface area contributed by atoms with Gasteiger partial charge in [-0.2, -0.15) is 0 Å². The van der Waals surface area contributed by atoms with E-state index in [0.717, 1.165) is 17.8 Å². The van der Waals surface area contributed by atoms with E-state index >= 15 is 0 Å². The maximum atomic E-state index is 10.4. The molecule has 2 rings (SSSR count). The Bertz CT molecular complexity index is 378. The highest BCUT2D eigenvalue weighted by Crippen LogP contribution is 2.22. The smallest absolute Gasteiger partial charge is 0.311 e. The van der Waals surface area contributed by atoms with Gasteiger partial charge in [0.15, 0.2) is 0 Å². The monoisotopic (exact) mass is 193 g/mol. The second kappa shape index (κ2) is 3.25. The molecule has 2 N–H and O–H groups in total. The Morgan fingerprint density at radius 1 is 1.79 bits per heavy atom. The van der Waals surface area contributed by atoms with Crippen LogP contribution in [0.2, 0.25) is 0 Å². The molecule has 5 nitrogen and oxygen atoms in total. The van der Waals surface area contributed by atoms with E-state index in [1.54, 1.807) is 6.20 Å². The molecule has 1 atom stereocenters. The van der Waals surface area contributed by atoms with Crippen molar-refractivity contribution >= 4 is 11.8 Å². The minimum absolute atomic E-state index is 0.122. The first-order valence-corrected chi connectivity index (χ1v) is 4.48. The molecule has 1 aliphatic heterocycles. The number of carboxylic acid groups (broad SMARTS) is 1. The summed E-state index contributed by atoms with van der Waals surface area (Å²) in [5, 5.41) is 11.7. The van der Waals surface area contributed by atoms with Crippen LogP contribution < -0.4 is 5.32 Å². The van der Waals surface area contributed by atoms with Crippen molar-refractivity contribution in [3.05, 3.63) is 17.6 Å². The molecular weight excluding hydrogens is 182 g/mol. The lowest BCUT2D eigenvalue weighted by Crippen LogP contribution is -2.10. The maximum Gasteiger partial charge on any atom is 0.311 e.